The second-order valence-electron chi connectivity index (χ2n) is 5.09. The molecule has 1 heterocycles. The highest BCUT2D eigenvalue weighted by atomic mass is 32.2. The van der Waals surface area contributed by atoms with Crippen molar-refractivity contribution in [3.05, 3.63) is 24.5 Å². The van der Waals surface area contributed by atoms with E-state index < -0.39 is 10.0 Å². The Labute approximate surface area is 132 Å². The molecule has 0 spiro atoms. The molecule has 0 saturated heterocycles. The smallest absolute Gasteiger partial charge is 0.244 e. The van der Waals surface area contributed by atoms with Crippen molar-refractivity contribution < 1.29 is 13.2 Å². The van der Waals surface area contributed by atoms with E-state index in [9.17, 15) is 13.2 Å². The number of nitrogens with one attached hydrogen (secondary N) is 1. The molecule has 124 valence electrons. The topological polar surface area (TPSA) is 105 Å². The summed E-state index contributed by atoms with van der Waals surface area (Å²) in [6, 6.07) is 2.86. The second-order valence-corrected chi connectivity index (χ2v) is 7.14. The lowest BCUT2D eigenvalue weighted by atomic mass is 10.1. The summed E-state index contributed by atoms with van der Waals surface area (Å²) >= 11 is 0. The Morgan fingerprint density at radius 3 is 2.77 bits per heavy atom. The lowest BCUT2D eigenvalue weighted by molar-refractivity contribution is -0.121. The molecule has 1 unspecified atom stereocenters. The Morgan fingerprint density at radius 2 is 2.23 bits per heavy atom. The van der Waals surface area contributed by atoms with Gasteiger partial charge in [-0.05, 0) is 18.6 Å². The number of hydrogen-bond donors (Lipinski definition) is 2. The second kappa shape index (κ2) is 8.82. The molecule has 0 aliphatic carbocycles. The maximum absolute atomic E-state index is 12.3. The summed E-state index contributed by atoms with van der Waals surface area (Å²) < 4.78 is 25.6. The number of rotatable bonds is 9. The minimum Gasteiger partial charge on any atom is -0.351 e. The average Bonchev–Trinajstić information content (AvgIpc) is 2.52. The zero-order valence-corrected chi connectivity index (χ0v) is 13.8. The fourth-order valence-electron chi connectivity index (χ4n) is 1.94. The first-order valence-electron chi connectivity index (χ1n) is 7.27. The number of unbranched alkanes of at least 4 members (excludes halogenated alkanes) is 1. The van der Waals surface area contributed by atoms with Crippen LogP contribution in [-0.4, -0.2) is 49.8 Å². The Bertz CT molecular complexity index is 563. The third-order valence-corrected chi connectivity index (χ3v) is 5.05. The van der Waals surface area contributed by atoms with Crippen molar-refractivity contribution in [1.82, 2.24) is 14.6 Å². The van der Waals surface area contributed by atoms with E-state index in [4.69, 9.17) is 5.73 Å². The van der Waals surface area contributed by atoms with Crippen molar-refractivity contribution >= 4 is 15.9 Å². The van der Waals surface area contributed by atoms with Gasteiger partial charge in [-0.3, -0.25) is 9.78 Å². The summed E-state index contributed by atoms with van der Waals surface area (Å²) in [6.07, 6.45) is 5.52. The molecule has 0 aromatic carbocycles. The standard InChI is InChI=1S/C14H24N4O3S/c1-3-4-6-12(9-15)17-14(19)11-18(2)22(20,21)13-7-5-8-16-10-13/h5,7-8,10,12H,3-4,6,9,11,15H2,1-2H3,(H,17,19). The summed E-state index contributed by atoms with van der Waals surface area (Å²) in [5.41, 5.74) is 5.61. The molecule has 8 heteroatoms. The molecular formula is C14H24N4O3S. The fraction of sp³-hybridized carbons (Fsp3) is 0.571. The van der Waals surface area contributed by atoms with Crippen LogP contribution in [-0.2, 0) is 14.8 Å². The number of aromatic nitrogens is 1. The van der Waals surface area contributed by atoms with Gasteiger partial charge in [0.25, 0.3) is 0 Å². The number of nitrogens with zero attached hydrogens (tertiary/aromatic N) is 2. The van der Waals surface area contributed by atoms with Gasteiger partial charge in [-0.15, -0.1) is 0 Å². The molecule has 7 nitrogen and oxygen atoms in total. The first-order chi connectivity index (χ1) is 10.4. The van der Waals surface area contributed by atoms with Crippen LogP contribution in [0.15, 0.2) is 29.4 Å². The number of pyridine rings is 1. The summed E-state index contributed by atoms with van der Waals surface area (Å²) in [6.45, 7) is 2.15. The third kappa shape index (κ3) is 5.36. The molecule has 1 amide bonds. The lowest BCUT2D eigenvalue weighted by Crippen LogP contribution is -2.45. The van der Waals surface area contributed by atoms with Gasteiger partial charge in [-0.25, -0.2) is 8.42 Å². The van der Waals surface area contributed by atoms with E-state index in [-0.39, 0.29) is 23.4 Å². The molecular weight excluding hydrogens is 304 g/mol. The molecule has 3 N–H and O–H groups in total. The molecule has 0 saturated carbocycles. The van der Waals surface area contributed by atoms with Crippen LogP contribution in [0.5, 0.6) is 0 Å². The number of carbonyl (C=O) groups excluding carboxylic acids is 1. The van der Waals surface area contributed by atoms with Crippen molar-refractivity contribution in [2.75, 3.05) is 20.1 Å². The van der Waals surface area contributed by atoms with Crippen molar-refractivity contribution in [3.8, 4) is 0 Å². The largest absolute Gasteiger partial charge is 0.351 e. The van der Waals surface area contributed by atoms with Gasteiger partial charge in [0.2, 0.25) is 15.9 Å². The van der Waals surface area contributed by atoms with Crippen LogP contribution >= 0.6 is 0 Å². The van der Waals surface area contributed by atoms with Crippen molar-refractivity contribution in [1.29, 1.82) is 0 Å². The fourth-order valence-corrected chi connectivity index (χ4v) is 3.03. The number of amides is 1. The summed E-state index contributed by atoms with van der Waals surface area (Å²) in [7, 11) is -2.35. The maximum atomic E-state index is 12.3. The number of carbonyl (C=O) groups is 1. The zero-order chi connectivity index (χ0) is 16.6. The van der Waals surface area contributed by atoms with Gasteiger partial charge < -0.3 is 11.1 Å². The Morgan fingerprint density at radius 1 is 1.50 bits per heavy atom. The average molecular weight is 328 g/mol. The van der Waals surface area contributed by atoms with E-state index in [2.05, 4.69) is 17.2 Å². The predicted molar refractivity (Wildman–Crippen MR) is 84.6 cm³/mol. The molecule has 0 aliphatic heterocycles. The predicted octanol–water partition coefficient (Wildman–Crippen LogP) is 0.336. The molecule has 1 rings (SSSR count). The quantitative estimate of drug-likeness (QED) is 0.680. The number of likely N-dealkylation sites (N-methyl/N-ethyl adjacent to an activating group) is 1. The Hall–Kier alpha value is -1.51. The Kier molecular flexibility index (Phi) is 7.43. The highest BCUT2D eigenvalue weighted by Gasteiger charge is 2.23. The van der Waals surface area contributed by atoms with Crippen molar-refractivity contribution in [2.45, 2.75) is 37.1 Å². The van der Waals surface area contributed by atoms with Crippen LogP contribution in [0.1, 0.15) is 26.2 Å². The normalized spacial score (nSPS) is 13.1. The first-order valence-corrected chi connectivity index (χ1v) is 8.71. The first kappa shape index (κ1) is 18.5. The Balaban J connectivity index is 2.63. The van der Waals surface area contributed by atoms with Crippen molar-refractivity contribution in [3.63, 3.8) is 0 Å². The zero-order valence-electron chi connectivity index (χ0n) is 13.0. The van der Waals surface area contributed by atoms with E-state index in [0.29, 0.717) is 6.54 Å². The van der Waals surface area contributed by atoms with E-state index in [1.165, 1.54) is 31.6 Å². The summed E-state index contributed by atoms with van der Waals surface area (Å²) in [4.78, 5) is 15.8. The van der Waals surface area contributed by atoms with Crippen LogP contribution in [0, 0.1) is 0 Å². The minimum atomic E-state index is -3.71. The van der Waals surface area contributed by atoms with Gasteiger partial charge in [0.15, 0.2) is 0 Å². The molecule has 0 fully saturated rings. The number of sulfonamides is 1. The van der Waals surface area contributed by atoms with Crippen LogP contribution in [0.3, 0.4) is 0 Å². The lowest BCUT2D eigenvalue weighted by Gasteiger charge is -2.20. The van der Waals surface area contributed by atoms with E-state index in [1.807, 2.05) is 0 Å². The van der Waals surface area contributed by atoms with Crippen molar-refractivity contribution in [2.24, 2.45) is 5.73 Å². The molecule has 1 aromatic rings. The van der Waals surface area contributed by atoms with Gasteiger partial charge >= 0.3 is 0 Å². The van der Waals surface area contributed by atoms with Crippen LogP contribution < -0.4 is 11.1 Å². The highest BCUT2D eigenvalue weighted by Crippen LogP contribution is 2.11. The summed E-state index contributed by atoms with van der Waals surface area (Å²) in [5, 5.41) is 2.77. The SMILES string of the molecule is CCCCC(CN)NC(=O)CN(C)S(=O)(=O)c1cccnc1. The van der Waals surface area contributed by atoms with Crippen LogP contribution in [0.4, 0.5) is 0 Å². The number of hydrogen-bond acceptors (Lipinski definition) is 5. The molecule has 0 radical (unpaired) electrons. The number of nitrogens with two attached hydrogens (primary N) is 1. The molecule has 0 bridgehead atoms. The van der Waals surface area contributed by atoms with Crippen LogP contribution in [0.25, 0.3) is 0 Å². The maximum Gasteiger partial charge on any atom is 0.244 e. The molecule has 22 heavy (non-hydrogen) atoms. The molecule has 1 atom stereocenters. The van der Waals surface area contributed by atoms with Gasteiger partial charge in [0, 0.05) is 32.0 Å². The molecule has 0 aliphatic rings. The summed E-state index contributed by atoms with van der Waals surface area (Å²) in [5.74, 6) is -0.360. The van der Waals surface area contributed by atoms with Gasteiger partial charge in [0.05, 0.1) is 6.54 Å². The minimum absolute atomic E-state index is 0.0617. The van der Waals surface area contributed by atoms with Gasteiger partial charge in [0.1, 0.15) is 4.90 Å². The monoisotopic (exact) mass is 328 g/mol. The third-order valence-electron chi connectivity index (χ3n) is 3.26. The van der Waals surface area contributed by atoms with Gasteiger partial charge in [-0.1, -0.05) is 19.8 Å². The van der Waals surface area contributed by atoms with Gasteiger partial charge in [-0.2, -0.15) is 4.31 Å². The van der Waals surface area contributed by atoms with Crippen LogP contribution in [0.2, 0.25) is 0 Å². The van der Waals surface area contributed by atoms with E-state index in [0.717, 1.165) is 23.6 Å². The van der Waals surface area contributed by atoms with E-state index >= 15 is 0 Å². The van der Waals surface area contributed by atoms with E-state index in [1.54, 1.807) is 0 Å². The highest BCUT2D eigenvalue weighted by molar-refractivity contribution is 7.89. The molecule has 1 aromatic heterocycles.